The number of nitrogens with zero attached hydrogens (tertiary/aromatic N) is 2. The lowest BCUT2D eigenvalue weighted by molar-refractivity contribution is 0.0721. The summed E-state index contributed by atoms with van der Waals surface area (Å²) in [6.07, 6.45) is 3.37. The average molecular weight is 348 g/mol. The molecule has 1 amide bonds. The van der Waals surface area contributed by atoms with E-state index < -0.39 is 0 Å². The van der Waals surface area contributed by atoms with Crippen LogP contribution in [0.25, 0.3) is 10.9 Å². The highest BCUT2D eigenvalue weighted by molar-refractivity contribution is 7.09. The molecular formula is C20H16N2O2S. The zero-order valence-corrected chi connectivity index (χ0v) is 14.3. The third-order valence-corrected chi connectivity index (χ3v) is 4.88. The molecule has 0 saturated carbocycles. The number of fused-ring (bicyclic) bond motifs is 1. The Hall–Kier alpha value is -2.92. The number of amides is 1. The van der Waals surface area contributed by atoms with Gasteiger partial charge in [-0.2, -0.15) is 0 Å². The molecule has 0 N–H and O–H groups in total. The summed E-state index contributed by atoms with van der Waals surface area (Å²) in [5.74, 6) is 0.742. The van der Waals surface area contributed by atoms with Crippen molar-refractivity contribution in [1.29, 1.82) is 0 Å². The van der Waals surface area contributed by atoms with Crippen molar-refractivity contribution in [2.75, 3.05) is 0 Å². The number of aromatic nitrogens is 1. The minimum atomic E-state index is -0.0246. The molecule has 5 heteroatoms. The van der Waals surface area contributed by atoms with Gasteiger partial charge in [0.1, 0.15) is 5.76 Å². The molecule has 0 atom stereocenters. The van der Waals surface area contributed by atoms with Crippen molar-refractivity contribution in [2.45, 2.75) is 13.1 Å². The summed E-state index contributed by atoms with van der Waals surface area (Å²) < 4.78 is 5.45. The van der Waals surface area contributed by atoms with Crippen LogP contribution >= 0.6 is 11.3 Å². The summed E-state index contributed by atoms with van der Waals surface area (Å²) in [5.41, 5.74) is 1.48. The van der Waals surface area contributed by atoms with E-state index in [2.05, 4.69) is 4.98 Å². The standard InChI is InChI=1S/C20H16N2O2S/c23-20(18-7-1-9-19-17(18)8-2-10-21-19)22(13-15-5-3-11-24-15)14-16-6-4-12-25-16/h1-12H,13-14H2. The van der Waals surface area contributed by atoms with Crippen molar-refractivity contribution in [3.63, 3.8) is 0 Å². The van der Waals surface area contributed by atoms with E-state index in [0.717, 1.165) is 21.5 Å². The van der Waals surface area contributed by atoms with Gasteiger partial charge in [-0.25, -0.2) is 0 Å². The molecule has 4 rings (SSSR count). The highest BCUT2D eigenvalue weighted by Crippen LogP contribution is 2.22. The third-order valence-electron chi connectivity index (χ3n) is 4.02. The zero-order valence-electron chi connectivity index (χ0n) is 13.5. The maximum Gasteiger partial charge on any atom is 0.255 e. The van der Waals surface area contributed by atoms with Crippen molar-refractivity contribution in [3.05, 3.63) is 88.6 Å². The number of carbonyl (C=O) groups is 1. The lowest BCUT2D eigenvalue weighted by atomic mass is 10.1. The number of rotatable bonds is 5. The van der Waals surface area contributed by atoms with Gasteiger partial charge < -0.3 is 9.32 Å². The van der Waals surface area contributed by atoms with Gasteiger partial charge in [0.05, 0.1) is 24.9 Å². The smallest absolute Gasteiger partial charge is 0.255 e. The van der Waals surface area contributed by atoms with Crippen LogP contribution in [-0.4, -0.2) is 15.8 Å². The number of pyridine rings is 1. The number of thiophene rings is 1. The Balaban J connectivity index is 1.70. The van der Waals surface area contributed by atoms with Crippen LogP contribution in [0.4, 0.5) is 0 Å². The molecule has 4 nitrogen and oxygen atoms in total. The Morgan fingerprint density at radius 3 is 2.80 bits per heavy atom. The van der Waals surface area contributed by atoms with E-state index >= 15 is 0 Å². The second-order valence-electron chi connectivity index (χ2n) is 5.70. The fourth-order valence-corrected chi connectivity index (χ4v) is 3.56. The van der Waals surface area contributed by atoms with Crippen LogP contribution in [0.2, 0.25) is 0 Å². The Kier molecular flexibility index (Phi) is 4.31. The van der Waals surface area contributed by atoms with Crippen LogP contribution in [0, 0.1) is 0 Å². The van der Waals surface area contributed by atoms with E-state index in [1.54, 1.807) is 23.8 Å². The number of carbonyl (C=O) groups excluding carboxylic acids is 1. The maximum atomic E-state index is 13.3. The van der Waals surface area contributed by atoms with E-state index in [-0.39, 0.29) is 5.91 Å². The van der Waals surface area contributed by atoms with E-state index in [1.807, 2.05) is 64.9 Å². The van der Waals surface area contributed by atoms with Gasteiger partial charge in [0.2, 0.25) is 0 Å². The molecule has 0 spiro atoms. The van der Waals surface area contributed by atoms with Crippen LogP contribution in [0.1, 0.15) is 21.0 Å². The molecule has 3 heterocycles. The quantitative estimate of drug-likeness (QED) is 0.524. The fourth-order valence-electron chi connectivity index (χ4n) is 2.84. The van der Waals surface area contributed by atoms with Crippen LogP contribution in [-0.2, 0) is 13.1 Å². The molecule has 25 heavy (non-hydrogen) atoms. The van der Waals surface area contributed by atoms with Crippen molar-refractivity contribution in [3.8, 4) is 0 Å². The highest BCUT2D eigenvalue weighted by Gasteiger charge is 2.20. The third kappa shape index (κ3) is 3.32. The molecule has 4 aromatic rings. The minimum Gasteiger partial charge on any atom is -0.467 e. The number of hydrogen-bond acceptors (Lipinski definition) is 4. The Morgan fingerprint density at radius 2 is 2.00 bits per heavy atom. The van der Waals surface area contributed by atoms with Crippen LogP contribution < -0.4 is 0 Å². The summed E-state index contributed by atoms with van der Waals surface area (Å²) >= 11 is 1.64. The monoisotopic (exact) mass is 348 g/mol. The molecule has 3 aromatic heterocycles. The molecular weight excluding hydrogens is 332 g/mol. The minimum absolute atomic E-state index is 0.0246. The van der Waals surface area contributed by atoms with Crippen molar-refractivity contribution in [2.24, 2.45) is 0 Å². The molecule has 0 fully saturated rings. The Labute approximate surface area is 149 Å². The van der Waals surface area contributed by atoms with Gasteiger partial charge in [-0.15, -0.1) is 11.3 Å². The van der Waals surface area contributed by atoms with Gasteiger partial charge in [0, 0.05) is 22.0 Å². The Morgan fingerprint density at radius 1 is 1.04 bits per heavy atom. The first-order chi connectivity index (χ1) is 12.3. The van der Waals surface area contributed by atoms with E-state index in [0.29, 0.717) is 18.7 Å². The summed E-state index contributed by atoms with van der Waals surface area (Å²) in [5, 5.41) is 2.89. The normalized spacial score (nSPS) is 10.9. The lowest BCUT2D eigenvalue weighted by Gasteiger charge is -2.22. The van der Waals surface area contributed by atoms with Crippen molar-refractivity contribution in [1.82, 2.24) is 9.88 Å². The Bertz CT molecular complexity index is 937. The first-order valence-corrected chi connectivity index (χ1v) is 8.87. The first-order valence-electron chi connectivity index (χ1n) is 7.99. The maximum absolute atomic E-state index is 13.3. The molecule has 0 radical (unpaired) electrons. The summed E-state index contributed by atoms with van der Waals surface area (Å²) in [6.45, 7) is 0.980. The van der Waals surface area contributed by atoms with Gasteiger partial charge in [-0.05, 0) is 41.8 Å². The topological polar surface area (TPSA) is 46.3 Å². The van der Waals surface area contributed by atoms with Crippen LogP contribution in [0.3, 0.4) is 0 Å². The molecule has 0 unspecified atom stereocenters. The van der Waals surface area contributed by atoms with Gasteiger partial charge in [0.15, 0.2) is 0 Å². The highest BCUT2D eigenvalue weighted by atomic mass is 32.1. The SMILES string of the molecule is O=C(c1cccc2ncccc12)N(Cc1ccco1)Cc1cccs1. The first kappa shape index (κ1) is 15.6. The second-order valence-corrected chi connectivity index (χ2v) is 6.73. The lowest BCUT2D eigenvalue weighted by Crippen LogP contribution is -2.29. The molecule has 0 aliphatic rings. The molecule has 124 valence electrons. The zero-order chi connectivity index (χ0) is 17.1. The number of hydrogen-bond donors (Lipinski definition) is 0. The predicted octanol–water partition coefficient (Wildman–Crippen LogP) is 4.73. The largest absolute Gasteiger partial charge is 0.467 e. The summed E-state index contributed by atoms with van der Waals surface area (Å²) in [7, 11) is 0. The average Bonchev–Trinajstić information content (AvgIpc) is 3.34. The van der Waals surface area contributed by atoms with Gasteiger partial charge in [-0.3, -0.25) is 9.78 Å². The molecule has 0 bridgehead atoms. The second kappa shape index (κ2) is 6.91. The summed E-state index contributed by atoms with van der Waals surface area (Å²) in [6, 6.07) is 17.2. The van der Waals surface area contributed by atoms with Crippen LogP contribution in [0.15, 0.2) is 76.9 Å². The predicted molar refractivity (Wildman–Crippen MR) is 98.3 cm³/mol. The van der Waals surface area contributed by atoms with Gasteiger partial charge in [-0.1, -0.05) is 18.2 Å². The fraction of sp³-hybridized carbons (Fsp3) is 0.100. The van der Waals surface area contributed by atoms with Crippen molar-refractivity contribution >= 4 is 28.1 Å². The van der Waals surface area contributed by atoms with Crippen molar-refractivity contribution < 1.29 is 9.21 Å². The van der Waals surface area contributed by atoms with Gasteiger partial charge >= 0.3 is 0 Å². The number of furan rings is 1. The van der Waals surface area contributed by atoms with E-state index in [4.69, 9.17) is 4.42 Å². The molecule has 0 aliphatic carbocycles. The summed E-state index contributed by atoms with van der Waals surface area (Å²) in [4.78, 5) is 20.6. The van der Waals surface area contributed by atoms with E-state index in [9.17, 15) is 4.79 Å². The van der Waals surface area contributed by atoms with Crippen LogP contribution in [0.5, 0.6) is 0 Å². The molecule has 0 saturated heterocycles. The van der Waals surface area contributed by atoms with E-state index in [1.165, 1.54) is 0 Å². The number of benzene rings is 1. The molecule has 1 aromatic carbocycles. The molecule has 0 aliphatic heterocycles. The van der Waals surface area contributed by atoms with Gasteiger partial charge in [0.25, 0.3) is 5.91 Å².